The molecule has 3 unspecified atom stereocenters. The van der Waals surface area contributed by atoms with Crippen LogP contribution in [0.1, 0.15) is 46.5 Å². The minimum atomic E-state index is -0.509. The van der Waals surface area contributed by atoms with Crippen molar-refractivity contribution in [1.82, 2.24) is 15.2 Å². The molecule has 162 valence electrons. The van der Waals surface area contributed by atoms with Gasteiger partial charge in [-0.05, 0) is 31.9 Å². The number of hydrazone groups is 1. The van der Waals surface area contributed by atoms with E-state index in [0.717, 1.165) is 31.5 Å². The van der Waals surface area contributed by atoms with Gasteiger partial charge in [0.15, 0.2) is 6.17 Å². The largest absolute Gasteiger partial charge is 0.492 e. The van der Waals surface area contributed by atoms with E-state index in [4.69, 9.17) is 4.74 Å². The Morgan fingerprint density at radius 1 is 1.27 bits per heavy atom. The molecular formula is C22H31N5O3. The SMILES string of the molecule is CCOc1ccccc1NC(=O)CN1C(=O)C2NN=C(C(C)C)N2C2CCCCC21. The first-order valence-corrected chi connectivity index (χ1v) is 10.9. The third-order valence-electron chi connectivity index (χ3n) is 6.10. The zero-order valence-electron chi connectivity index (χ0n) is 17.9. The summed E-state index contributed by atoms with van der Waals surface area (Å²) in [6.07, 6.45) is 3.61. The summed E-state index contributed by atoms with van der Waals surface area (Å²) in [6.45, 7) is 6.65. The lowest BCUT2D eigenvalue weighted by Crippen LogP contribution is -2.70. The van der Waals surface area contributed by atoms with Gasteiger partial charge < -0.3 is 19.9 Å². The summed E-state index contributed by atoms with van der Waals surface area (Å²) in [5, 5.41) is 7.39. The molecule has 1 aromatic rings. The normalized spacial score (nSPS) is 25.4. The lowest BCUT2D eigenvalue weighted by Gasteiger charge is -2.51. The van der Waals surface area contributed by atoms with Gasteiger partial charge in [0, 0.05) is 5.92 Å². The van der Waals surface area contributed by atoms with E-state index < -0.39 is 6.17 Å². The van der Waals surface area contributed by atoms with Crippen LogP contribution in [0, 0.1) is 5.92 Å². The van der Waals surface area contributed by atoms with Crippen LogP contribution >= 0.6 is 0 Å². The van der Waals surface area contributed by atoms with E-state index in [9.17, 15) is 9.59 Å². The summed E-state index contributed by atoms with van der Waals surface area (Å²) in [6, 6.07) is 7.58. The molecule has 2 aliphatic heterocycles. The van der Waals surface area contributed by atoms with Crippen LogP contribution in [0.2, 0.25) is 0 Å². The summed E-state index contributed by atoms with van der Waals surface area (Å²) in [4.78, 5) is 30.2. The number of amides is 2. The summed E-state index contributed by atoms with van der Waals surface area (Å²) in [7, 11) is 0. The molecule has 4 rings (SSSR count). The molecule has 3 atom stereocenters. The first-order chi connectivity index (χ1) is 14.5. The molecule has 0 aromatic heterocycles. The molecule has 1 aliphatic carbocycles. The molecule has 0 spiro atoms. The quantitative estimate of drug-likeness (QED) is 0.748. The Labute approximate surface area is 177 Å². The van der Waals surface area contributed by atoms with Crippen LogP contribution in [0.25, 0.3) is 0 Å². The van der Waals surface area contributed by atoms with E-state index in [-0.39, 0.29) is 36.4 Å². The van der Waals surface area contributed by atoms with Crippen molar-refractivity contribution in [3.05, 3.63) is 24.3 Å². The fraction of sp³-hybridized carbons (Fsp3) is 0.591. The Morgan fingerprint density at radius 2 is 2.00 bits per heavy atom. The van der Waals surface area contributed by atoms with Gasteiger partial charge in [0.1, 0.15) is 18.1 Å². The van der Waals surface area contributed by atoms with Gasteiger partial charge in [0.2, 0.25) is 5.91 Å². The highest BCUT2D eigenvalue weighted by molar-refractivity contribution is 5.99. The van der Waals surface area contributed by atoms with Crippen molar-refractivity contribution < 1.29 is 14.3 Å². The Balaban J connectivity index is 1.52. The van der Waals surface area contributed by atoms with Gasteiger partial charge in [-0.25, -0.2) is 0 Å². The van der Waals surface area contributed by atoms with Crippen LogP contribution in [0.15, 0.2) is 29.4 Å². The van der Waals surface area contributed by atoms with E-state index in [1.807, 2.05) is 31.2 Å². The highest BCUT2D eigenvalue weighted by Crippen LogP contribution is 2.35. The van der Waals surface area contributed by atoms with Crippen molar-refractivity contribution in [2.75, 3.05) is 18.5 Å². The van der Waals surface area contributed by atoms with E-state index in [2.05, 4.69) is 34.6 Å². The summed E-state index contributed by atoms with van der Waals surface area (Å²) in [5.74, 6) is 1.53. The Hall–Kier alpha value is -2.77. The van der Waals surface area contributed by atoms with Crippen LogP contribution in [0.4, 0.5) is 5.69 Å². The van der Waals surface area contributed by atoms with Crippen LogP contribution in [0.3, 0.4) is 0 Å². The van der Waals surface area contributed by atoms with Crippen LogP contribution in [-0.2, 0) is 9.59 Å². The number of nitrogens with zero attached hydrogens (tertiary/aromatic N) is 3. The minimum absolute atomic E-state index is 0.0271. The number of hydrogen-bond donors (Lipinski definition) is 2. The lowest BCUT2D eigenvalue weighted by molar-refractivity contribution is -0.151. The van der Waals surface area contributed by atoms with Crippen molar-refractivity contribution in [1.29, 1.82) is 0 Å². The van der Waals surface area contributed by atoms with Crippen molar-refractivity contribution in [3.8, 4) is 5.75 Å². The maximum atomic E-state index is 13.3. The summed E-state index contributed by atoms with van der Waals surface area (Å²) >= 11 is 0. The smallest absolute Gasteiger partial charge is 0.268 e. The van der Waals surface area contributed by atoms with E-state index in [1.54, 1.807) is 4.90 Å². The molecule has 30 heavy (non-hydrogen) atoms. The first-order valence-electron chi connectivity index (χ1n) is 10.9. The van der Waals surface area contributed by atoms with Gasteiger partial charge in [0.05, 0.1) is 24.4 Å². The number of rotatable bonds is 6. The predicted octanol–water partition coefficient (Wildman–Crippen LogP) is 2.38. The Morgan fingerprint density at radius 3 is 2.73 bits per heavy atom. The monoisotopic (exact) mass is 413 g/mol. The average molecular weight is 414 g/mol. The second-order valence-corrected chi connectivity index (χ2v) is 8.43. The first kappa shape index (κ1) is 20.5. The average Bonchev–Trinajstić information content (AvgIpc) is 3.19. The zero-order chi connectivity index (χ0) is 21.3. The highest BCUT2D eigenvalue weighted by Gasteiger charge is 2.51. The van der Waals surface area contributed by atoms with Crippen molar-refractivity contribution in [2.45, 2.75) is 64.7 Å². The number of piperazine rings is 1. The molecular weight excluding hydrogens is 382 g/mol. The fourth-order valence-electron chi connectivity index (χ4n) is 4.83. The van der Waals surface area contributed by atoms with Crippen molar-refractivity contribution in [2.24, 2.45) is 11.0 Å². The molecule has 8 nitrogen and oxygen atoms in total. The third kappa shape index (κ3) is 3.70. The standard InChI is InChI=1S/C22H31N5O3/c1-4-30-18-12-8-5-9-15(18)23-19(28)13-26-16-10-6-7-11-17(16)27-20(14(2)3)24-25-21(27)22(26)29/h5,8-9,12,14,16-17,21,25H,4,6-7,10-11,13H2,1-3H3,(H,23,28). The lowest BCUT2D eigenvalue weighted by atomic mass is 9.85. The summed E-state index contributed by atoms with van der Waals surface area (Å²) in [5.41, 5.74) is 3.65. The molecule has 2 amide bonds. The number of ether oxygens (including phenoxy) is 1. The summed E-state index contributed by atoms with van der Waals surface area (Å²) < 4.78 is 5.60. The number of anilines is 1. The van der Waals surface area contributed by atoms with E-state index in [1.165, 1.54) is 0 Å². The van der Waals surface area contributed by atoms with Gasteiger partial charge in [-0.3, -0.25) is 15.0 Å². The molecule has 2 heterocycles. The number of benzene rings is 1. The number of carbonyl (C=O) groups is 2. The number of nitrogens with one attached hydrogen (secondary N) is 2. The van der Waals surface area contributed by atoms with Gasteiger partial charge >= 0.3 is 0 Å². The van der Waals surface area contributed by atoms with Gasteiger partial charge in [0.25, 0.3) is 5.91 Å². The molecule has 1 saturated carbocycles. The number of fused-ring (bicyclic) bond motifs is 3. The molecule has 1 aromatic carbocycles. The maximum absolute atomic E-state index is 13.3. The number of hydrogen-bond acceptors (Lipinski definition) is 6. The van der Waals surface area contributed by atoms with Crippen LogP contribution in [0.5, 0.6) is 5.75 Å². The molecule has 0 bridgehead atoms. The molecule has 2 fully saturated rings. The number of amidine groups is 1. The minimum Gasteiger partial charge on any atom is -0.492 e. The van der Waals surface area contributed by atoms with Crippen LogP contribution in [-0.4, -0.2) is 58.9 Å². The predicted molar refractivity (Wildman–Crippen MR) is 115 cm³/mol. The van der Waals surface area contributed by atoms with Crippen molar-refractivity contribution >= 4 is 23.3 Å². The van der Waals surface area contributed by atoms with E-state index in [0.29, 0.717) is 18.0 Å². The third-order valence-corrected chi connectivity index (χ3v) is 6.10. The highest BCUT2D eigenvalue weighted by atomic mass is 16.5. The molecule has 0 radical (unpaired) electrons. The Kier molecular flexibility index (Phi) is 5.83. The number of carbonyl (C=O) groups excluding carboxylic acids is 2. The second kappa shape index (κ2) is 8.53. The molecule has 8 heteroatoms. The molecule has 1 saturated heterocycles. The van der Waals surface area contributed by atoms with Gasteiger partial charge in [-0.2, -0.15) is 5.10 Å². The van der Waals surface area contributed by atoms with Crippen LogP contribution < -0.4 is 15.5 Å². The zero-order valence-corrected chi connectivity index (χ0v) is 17.9. The van der Waals surface area contributed by atoms with E-state index >= 15 is 0 Å². The molecule has 3 aliphatic rings. The van der Waals surface area contributed by atoms with Gasteiger partial charge in [-0.15, -0.1) is 0 Å². The van der Waals surface area contributed by atoms with Gasteiger partial charge in [-0.1, -0.05) is 38.8 Å². The topological polar surface area (TPSA) is 86.3 Å². The number of para-hydroxylation sites is 2. The second-order valence-electron chi connectivity index (χ2n) is 8.43. The fourth-order valence-corrected chi connectivity index (χ4v) is 4.83. The Bertz CT molecular complexity index is 840. The maximum Gasteiger partial charge on any atom is 0.268 e. The molecule has 2 N–H and O–H groups in total. The van der Waals surface area contributed by atoms with Crippen molar-refractivity contribution in [3.63, 3.8) is 0 Å².